The van der Waals surface area contributed by atoms with Gasteiger partial charge in [-0.2, -0.15) is 0 Å². The molecule has 1 N–H and O–H groups in total. The summed E-state index contributed by atoms with van der Waals surface area (Å²) in [6, 6.07) is 7.75. The van der Waals surface area contributed by atoms with Crippen molar-refractivity contribution in [3.63, 3.8) is 0 Å². The van der Waals surface area contributed by atoms with E-state index in [9.17, 15) is 4.79 Å². The Balaban J connectivity index is 2.05. The molecule has 5 nitrogen and oxygen atoms in total. The van der Waals surface area contributed by atoms with Gasteiger partial charge in [-0.25, -0.2) is 4.98 Å². The molecule has 1 aliphatic rings. The molecule has 0 saturated carbocycles. The van der Waals surface area contributed by atoms with Crippen LogP contribution in [0.15, 0.2) is 37.0 Å². The third kappa shape index (κ3) is 1.72. The zero-order valence-electron chi connectivity index (χ0n) is 12.3. The van der Waals surface area contributed by atoms with Crippen LogP contribution in [-0.2, 0) is 13.6 Å². The highest BCUT2D eigenvalue weighted by Crippen LogP contribution is 2.29. The number of hydrogen-bond donors (Lipinski definition) is 1. The molecular weight excluding hydrogens is 276 g/mol. The lowest BCUT2D eigenvalue weighted by Crippen LogP contribution is -2.24. The molecule has 1 amide bonds. The van der Waals surface area contributed by atoms with Crippen LogP contribution in [-0.4, -0.2) is 26.6 Å². The second-order valence-electron chi connectivity index (χ2n) is 5.49. The molecule has 2 aromatic heterocycles. The number of rotatable bonds is 2. The van der Waals surface area contributed by atoms with Crippen LogP contribution in [0.1, 0.15) is 15.9 Å². The summed E-state index contributed by atoms with van der Waals surface area (Å²) in [7, 11) is 2.00. The van der Waals surface area contributed by atoms with Crippen LogP contribution in [0.25, 0.3) is 28.6 Å². The summed E-state index contributed by atoms with van der Waals surface area (Å²) in [5.41, 5.74) is 4.53. The topological polar surface area (TPSA) is 51.9 Å². The fourth-order valence-corrected chi connectivity index (χ4v) is 3.08. The largest absolute Gasteiger partial charge is 0.350 e. The number of amides is 1. The second-order valence-corrected chi connectivity index (χ2v) is 5.49. The van der Waals surface area contributed by atoms with Crippen LogP contribution in [0.2, 0.25) is 0 Å². The van der Waals surface area contributed by atoms with E-state index >= 15 is 0 Å². The number of carbonyl (C=O) groups is 1. The van der Waals surface area contributed by atoms with E-state index in [0.717, 1.165) is 28.1 Å². The minimum absolute atomic E-state index is 0.0329. The number of nitrogens with zero attached hydrogens (tertiary/aromatic N) is 3. The smallest absolute Gasteiger partial charge is 0.253 e. The van der Waals surface area contributed by atoms with E-state index in [1.807, 2.05) is 42.1 Å². The maximum absolute atomic E-state index is 12.2. The van der Waals surface area contributed by atoms with Crippen molar-refractivity contribution in [3.8, 4) is 11.5 Å². The third-order valence-corrected chi connectivity index (χ3v) is 4.12. The summed E-state index contributed by atoms with van der Waals surface area (Å²) in [5.74, 6) is 0.851. The maximum atomic E-state index is 12.2. The molecule has 0 atom stereocenters. The Morgan fingerprint density at radius 3 is 3.05 bits per heavy atom. The van der Waals surface area contributed by atoms with Gasteiger partial charge in [0.1, 0.15) is 0 Å². The molecule has 0 bridgehead atoms. The van der Waals surface area contributed by atoms with Crippen molar-refractivity contribution in [3.05, 3.63) is 48.2 Å². The number of benzene rings is 1. The molecule has 0 fully saturated rings. The van der Waals surface area contributed by atoms with Gasteiger partial charge in [0, 0.05) is 26.3 Å². The Hall–Kier alpha value is -2.82. The van der Waals surface area contributed by atoms with Crippen LogP contribution in [0.4, 0.5) is 0 Å². The van der Waals surface area contributed by atoms with Gasteiger partial charge in [-0.3, -0.25) is 4.79 Å². The van der Waals surface area contributed by atoms with E-state index in [2.05, 4.69) is 22.5 Å². The van der Waals surface area contributed by atoms with Gasteiger partial charge in [0.05, 0.1) is 22.3 Å². The highest BCUT2D eigenvalue weighted by Gasteiger charge is 2.22. The summed E-state index contributed by atoms with van der Waals surface area (Å²) in [6.07, 6.45) is 3.85. The summed E-state index contributed by atoms with van der Waals surface area (Å²) in [6.45, 7) is 5.13. The van der Waals surface area contributed by atoms with E-state index < -0.39 is 0 Å². The molecule has 4 rings (SSSR count). The molecule has 0 radical (unpaired) electrons. The Kier molecular flexibility index (Phi) is 2.69. The van der Waals surface area contributed by atoms with Gasteiger partial charge in [-0.05, 0) is 23.8 Å². The lowest BCUT2D eigenvalue weighted by molar-refractivity contribution is 0.0956. The standard InChI is InChI=1S/C17H16N4O/c1-3-11-9-14(20(2)10-11)16-19-13-6-4-5-12-15(13)21(16)8-7-18-17(12)22/h3-6,9-10H,1,7-8H2,2H3,(H,18,22). The molecule has 22 heavy (non-hydrogen) atoms. The highest BCUT2D eigenvalue weighted by atomic mass is 16.1. The first-order valence-corrected chi connectivity index (χ1v) is 7.25. The van der Waals surface area contributed by atoms with Crippen LogP contribution in [0.5, 0.6) is 0 Å². The minimum Gasteiger partial charge on any atom is -0.350 e. The lowest BCUT2D eigenvalue weighted by Gasteiger charge is -2.07. The quantitative estimate of drug-likeness (QED) is 0.788. The number of aromatic nitrogens is 3. The number of imidazole rings is 1. The summed E-state index contributed by atoms with van der Waals surface area (Å²) in [5, 5.41) is 2.94. The van der Waals surface area contributed by atoms with Crippen molar-refractivity contribution < 1.29 is 4.79 Å². The maximum Gasteiger partial charge on any atom is 0.253 e. The van der Waals surface area contributed by atoms with E-state index in [-0.39, 0.29) is 5.91 Å². The predicted molar refractivity (Wildman–Crippen MR) is 86.6 cm³/mol. The molecule has 110 valence electrons. The molecule has 3 aromatic rings. The summed E-state index contributed by atoms with van der Waals surface area (Å²) >= 11 is 0. The first-order valence-electron chi connectivity index (χ1n) is 7.25. The first kappa shape index (κ1) is 12.9. The molecule has 5 heteroatoms. The van der Waals surface area contributed by atoms with Gasteiger partial charge < -0.3 is 14.5 Å². The lowest BCUT2D eigenvalue weighted by atomic mass is 10.2. The van der Waals surface area contributed by atoms with Crippen molar-refractivity contribution in [1.82, 2.24) is 19.4 Å². The number of hydrogen-bond acceptors (Lipinski definition) is 2. The molecule has 1 aliphatic heterocycles. The van der Waals surface area contributed by atoms with Crippen LogP contribution < -0.4 is 5.32 Å². The fraction of sp³-hybridized carbons (Fsp3) is 0.176. The van der Waals surface area contributed by atoms with Crippen LogP contribution in [0.3, 0.4) is 0 Å². The molecule has 0 aliphatic carbocycles. The third-order valence-electron chi connectivity index (χ3n) is 4.12. The minimum atomic E-state index is -0.0329. The Morgan fingerprint density at radius 2 is 2.27 bits per heavy atom. The first-order chi connectivity index (χ1) is 10.7. The van der Waals surface area contributed by atoms with E-state index in [4.69, 9.17) is 4.98 Å². The molecule has 3 heterocycles. The van der Waals surface area contributed by atoms with Gasteiger partial charge >= 0.3 is 0 Å². The number of carbonyl (C=O) groups excluding carboxylic acids is 1. The SMILES string of the molecule is C=Cc1cc(-c2nc3cccc4c3n2CCNC4=O)n(C)c1. The normalized spacial score (nSPS) is 14.0. The van der Waals surface area contributed by atoms with Crippen molar-refractivity contribution in [2.45, 2.75) is 6.54 Å². The van der Waals surface area contributed by atoms with Gasteiger partial charge in [-0.15, -0.1) is 0 Å². The number of para-hydroxylation sites is 1. The number of nitrogens with one attached hydrogen (secondary N) is 1. The Labute approximate surface area is 127 Å². The van der Waals surface area contributed by atoms with Gasteiger partial charge in [-0.1, -0.05) is 18.7 Å². The molecular formula is C17H16N4O. The molecule has 0 spiro atoms. The van der Waals surface area contributed by atoms with E-state index in [0.29, 0.717) is 18.7 Å². The van der Waals surface area contributed by atoms with Crippen molar-refractivity contribution in [2.24, 2.45) is 7.05 Å². The van der Waals surface area contributed by atoms with Crippen molar-refractivity contribution >= 4 is 23.0 Å². The van der Waals surface area contributed by atoms with Crippen molar-refractivity contribution in [1.29, 1.82) is 0 Å². The molecule has 0 saturated heterocycles. The Bertz CT molecular complexity index is 916. The fourth-order valence-electron chi connectivity index (χ4n) is 3.08. The van der Waals surface area contributed by atoms with Crippen LogP contribution >= 0.6 is 0 Å². The zero-order valence-corrected chi connectivity index (χ0v) is 12.3. The predicted octanol–water partition coefficient (Wildman–Crippen LogP) is 2.43. The average molecular weight is 292 g/mol. The van der Waals surface area contributed by atoms with Crippen molar-refractivity contribution in [2.75, 3.05) is 6.54 Å². The second kappa shape index (κ2) is 4.59. The summed E-state index contributed by atoms with van der Waals surface area (Å²) in [4.78, 5) is 17.0. The van der Waals surface area contributed by atoms with Gasteiger partial charge in [0.25, 0.3) is 5.91 Å². The molecule has 0 unspecified atom stereocenters. The Morgan fingerprint density at radius 1 is 1.41 bits per heavy atom. The zero-order chi connectivity index (χ0) is 15.3. The monoisotopic (exact) mass is 292 g/mol. The highest BCUT2D eigenvalue weighted by molar-refractivity contribution is 6.06. The molecule has 1 aromatic carbocycles. The van der Waals surface area contributed by atoms with Gasteiger partial charge in [0.2, 0.25) is 0 Å². The average Bonchev–Trinajstić information content (AvgIpc) is 3.01. The van der Waals surface area contributed by atoms with E-state index in [1.54, 1.807) is 0 Å². The van der Waals surface area contributed by atoms with Crippen LogP contribution in [0, 0.1) is 0 Å². The summed E-state index contributed by atoms with van der Waals surface area (Å²) < 4.78 is 4.17. The van der Waals surface area contributed by atoms with E-state index in [1.165, 1.54) is 0 Å². The van der Waals surface area contributed by atoms with Gasteiger partial charge in [0.15, 0.2) is 5.82 Å². The number of aryl methyl sites for hydroxylation is 1.